The molecule has 1 fully saturated rings. The fourth-order valence-corrected chi connectivity index (χ4v) is 3.94. The van der Waals surface area contributed by atoms with Crippen molar-refractivity contribution in [1.29, 1.82) is 0 Å². The predicted octanol–water partition coefficient (Wildman–Crippen LogP) is 3.53. The third-order valence-electron chi connectivity index (χ3n) is 4.31. The van der Waals surface area contributed by atoms with Crippen LogP contribution in [0, 0.1) is 0 Å². The second kappa shape index (κ2) is 7.11. The zero-order valence-electron chi connectivity index (χ0n) is 13.5. The first-order chi connectivity index (χ1) is 11.9. The van der Waals surface area contributed by atoms with E-state index in [0.29, 0.717) is 0 Å². The molecule has 0 unspecified atom stereocenters. The number of pyridine rings is 1. The molecule has 1 aliphatic heterocycles. The van der Waals surface area contributed by atoms with Crippen molar-refractivity contribution < 1.29 is 0 Å². The lowest BCUT2D eigenvalue weighted by Gasteiger charge is -2.34. The first kappa shape index (κ1) is 15.3. The summed E-state index contributed by atoms with van der Waals surface area (Å²) in [6.45, 7) is 5.08. The second-order valence-corrected chi connectivity index (χ2v) is 6.97. The topological polar surface area (TPSA) is 32.3 Å². The molecule has 0 aliphatic carbocycles. The molecule has 0 N–H and O–H groups in total. The monoisotopic (exact) mass is 336 g/mol. The van der Waals surface area contributed by atoms with Crippen LogP contribution in [0.25, 0.3) is 10.4 Å². The summed E-state index contributed by atoms with van der Waals surface area (Å²) in [7, 11) is 0. The molecule has 5 heteroatoms. The van der Waals surface area contributed by atoms with Gasteiger partial charge in [0.1, 0.15) is 0 Å². The van der Waals surface area contributed by atoms with Crippen LogP contribution in [0.2, 0.25) is 0 Å². The maximum Gasteiger partial charge on any atom is 0.185 e. The van der Waals surface area contributed by atoms with E-state index in [1.807, 2.05) is 24.5 Å². The molecular weight excluding hydrogens is 316 g/mol. The maximum absolute atomic E-state index is 4.64. The van der Waals surface area contributed by atoms with E-state index in [1.165, 1.54) is 10.4 Å². The van der Waals surface area contributed by atoms with Crippen molar-refractivity contribution in [3.63, 3.8) is 0 Å². The quantitative estimate of drug-likeness (QED) is 0.730. The Balaban J connectivity index is 1.37. The van der Waals surface area contributed by atoms with Gasteiger partial charge in [0, 0.05) is 45.1 Å². The average molecular weight is 336 g/mol. The number of aromatic nitrogens is 2. The van der Waals surface area contributed by atoms with Gasteiger partial charge >= 0.3 is 0 Å². The molecule has 24 heavy (non-hydrogen) atoms. The Bertz CT molecular complexity index is 764. The molecule has 1 aromatic carbocycles. The molecule has 0 saturated carbocycles. The van der Waals surface area contributed by atoms with E-state index >= 15 is 0 Å². The van der Waals surface area contributed by atoms with E-state index in [9.17, 15) is 0 Å². The fraction of sp³-hybridized carbons (Fsp3) is 0.263. The molecule has 3 heterocycles. The summed E-state index contributed by atoms with van der Waals surface area (Å²) in [5.41, 5.74) is 2.39. The highest BCUT2D eigenvalue weighted by Crippen LogP contribution is 2.31. The number of thiazole rings is 1. The smallest absolute Gasteiger partial charge is 0.185 e. The Hall–Kier alpha value is -2.24. The van der Waals surface area contributed by atoms with Crippen molar-refractivity contribution in [2.75, 3.05) is 31.1 Å². The van der Waals surface area contributed by atoms with Crippen LogP contribution in [0.5, 0.6) is 0 Å². The van der Waals surface area contributed by atoms with E-state index in [2.05, 4.69) is 56.2 Å². The summed E-state index contributed by atoms with van der Waals surface area (Å²) >= 11 is 1.78. The van der Waals surface area contributed by atoms with Gasteiger partial charge in [0.05, 0.1) is 10.6 Å². The number of anilines is 1. The number of piperazine rings is 1. The fourth-order valence-electron chi connectivity index (χ4n) is 2.97. The van der Waals surface area contributed by atoms with Crippen molar-refractivity contribution in [3.8, 4) is 10.4 Å². The lowest BCUT2D eigenvalue weighted by Crippen LogP contribution is -2.46. The maximum atomic E-state index is 4.64. The van der Waals surface area contributed by atoms with E-state index in [4.69, 9.17) is 0 Å². The normalized spacial score (nSPS) is 15.6. The van der Waals surface area contributed by atoms with E-state index in [0.717, 1.165) is 43.5 Å². The molecule has 122 valence electrons. The van der Waals surface area contributed by atoms with Crippen LogP contribution in [0.4, 0.5) is 5.13 Å². The molecule has 4 nitrogen and oxygen atoms in total. The zero-order chi connectivity index (χ0) is 16.2. The minimum absolute atomic E-state index is 0.932. The SMILES string of the molecule is c1ccc(-c2cnc(N3CCN(Cc4ccccn4)CC3)s2)cc1. The Morgan fingerprint density at radius 2 is 1.67 bits per heavy atom. The first-order valence-electron chi connectivity index (χ1n) is 8.27. The van der Waals surface area contributed by atoms with E-state index < -0.39 is 0 Å². The van der Waals surface area contributed by atoms with Crippen LogP contribution in [0.3, 0.4) is 0 Å². The minimum Gasteiger partial charge on any atom is -0.346 e. The number of hydrogen-bond acceptors (Lipinski definition) is 5. The molecular formula is C19H20N4S. The standard InChI is InChI=1S/C19H20N4S/c1-2-6-16(7-3-1)18-14-21-19(24-18)23-12-10-22(11-13-23)15-17-8-4-5-9-20-17/h1-9,14H,10-13,15H2. The number of rotatable bonds is 4. The third-order valence-corrected chi connectivity index (χ3v) is 5.41. The lowest BCUT2D eigenvalue weighted by atomic mass is 10.2. The molecule has 0 spiro atoms. The van der Waals surface area contributed by atoms with Crippen molar-refractivity contribution in [2.24, 2.45) is 0 Å². The highest BCUT2D eigenvalue weighted by molar-refractivity contribution is 7.18. The average Bonchev–Trinajstić information content (AvgIpc) is 3.14. The molecule has 0 atom stereocenters. The molecule has 1 saturated heterocycles. The van der Waals surface area contributed by atoms with Crippen LogP contribution in [0.1, 0.15) is 5.69 Å². The summed E-state index contributed by atoms with van der Waals surface area (Å²) < 4.78 is 0. The van der Waals surface area contributed by atoms with Gasteiger partial charge in [-0.05, 0) is 17.7 Å². The summed E-state index contributed by atoms with van der Waals surface area (Å²) in [4.78, 5) is 15.2. The molecule has 0 radical (unpaired) electrons. The van der Waals surface area contributed by atoms with Crippen LogP contribution in [-0.2, 0) is 6.54 Å². The van der Waals surface area contributed by atoms with Gasteiger partial charge in [-0.2, -0.15) is 0 Å². The Kier molecular flexibility index (Phi) is 4.53. The Morgan fingerprint density at radius 3 is 2.42 bits per heavy atom. The third kappa shape index (κ3) is 3.47. The molecule has 0 amide bonds. The second-order valence-electron chi connectivity index (χ2n) is 5.96. The molecule has 1 aliphatic rings. The van der Waals surface area contributed by atoms with Crippen molar-refractivity contribution in [3.05, 3.63) is 66.6 Å². The van der Waals surface area contributed by atoms with Crippen molar-refractivity contribution >= 4 is 16.5 Å². The molecule has 4 rings (SSSR count). The van der Waals surface area contributed by atoms with E-state index in [1.54, 1.807) is 11.3 Å². The highest BCUT2D eigenvalue weighted by Gasteiger charge is 2.20. The van der Waals surface area contributed by atoms with E-state index in [-0.39, 0.29) is 0 Å². The van der Waals surface area contributed by atoms with Gasteiger partial charge in [-0.3, -0.25) is 9.88 Å². The van der Waals surface area contributed by atoms with Crippen molar-refractivity contribution in [2.45, 2.75) is 6.54 Å². The summed E-state index contributed by atoms with van der Waals surface area (Å²) in [6, 6.07) is 16.6. The number of benzene rings is 1. The Labute approximate surface area is 146 Å². The van der Waals surface area contributed by atoms with Crippen LogP contribution >= 0.6 is 11.3 Å². The van der Waals surface area contributed by atoms with Crippen LogP contribution in [0.15, 0.2) is 60.9 Å². The highest BCUT2D eigenvalue weighted by atomic mass is 32.1. The molecule has 2 aromatic heterocycles. The van der Waals surface area contributed by atoms with Crippen molar-refractivity contribution in [1.82, 2.24) is 14.9 Å². The molecule has 3 aromatic rings. The summed E-state index contributed by atoms with van der Waals surface area (Å²) in [5.74, 6) is 0. The van der Waals surface area contributed by atoms with Gasteiger partial charge in [0.25, 0.3) is 0 Å². The van der Waals surface area contributed by atoms with Gasteiger partial charge in [0.2, 0.25) is 0 Å². The van der Waals surface area contributed by atoms with Gasteiger partial charge < -0.3 is 4.90 Å². The molecule has 0 bridgehead atoms. The van der Waals surface area contributed by atoms with Gasteiger partial charge in [-0.25, -0.2) is 4.98 Å². The largest absolute Gasteiger partial charge is 0.346 e. The van der Waals surface area contributed by atoms with Gasteiger partial charge in [-0.1, -0.05) is 47.7 Å². The zero-order valence-corrected chi connectivity index (χ0v) is 14.3. The summed E-state index contributed by atoms with van der Waals surface area (Å²) in [5, 5.41) is 1.13. The first-order valence-corrected chi connectivity index (χ1v) is 9.08. The Morgan fingerprint density at radius 1 is 0.875 bits per heavy atom. The van der Waals surface area contributed by atoms with Gasteiger partial charge in [0.15, 0.2) is 5.13 Å². The van der Waals surface area contributed by atoms with Crippen LogP contribution < -0.4 is 4.90 Å². The minimum atomic E-state index is 0.932. The van der Waals surface area contributed by atoms with Crippen LogP contribution in [-0.4, -0.2) is 41.0 Å². The number of hydrogen-bond donors (Lipinski definition) is 0. The number of nitrogens with zero attached hydrogens (tertiary/aromatic N) is 4. The summed E-state index contributed by atoms with van der Waals surface area (Å²) in [6.07, 6.45) is 3.86. The predicted molar refractivity (Wildman–Crippen MR) is 99.3 cm³/mol. The van der Waals surface area contributed by atoms with Gasteiger partial charge in [-0.15, -0.1) is 0 Å². The lowest BCUT2D eigenvalue weighted by molar-refractivity contribution is 0.247.